The summed E-state index contributed by atoms with van der Waals surface area (Å²) in [6.07, 6.45) is 4.23. The van der Waals surface area contributed by atoms with Crippen LogP contribution in [0, 0.1) is 0 Å². The van der Waals surface area contributed by atoms with E-state index in [0.29, 0.717) is 0 Å². The van der Waals surface area contributed by atoms with Crippen molar-refractivity contribution in [2.45, 2.75) is 12.8 Å². The lowest BCUT2D eigenvalue weighted by atomic mass is 10.0. The predicted octanol–water partition coefficient (Wildman–Crippen LogP) is 2.07. The van der Waals surface area contributed by atoms with E-state index < -0.39 is 0 Å². The van der Waals surface area contributed by atoms with E-state index in [9.17, 15) is 0 Å². The van der Waals surface area contributed by atoms with Gasteiger partial charge in [0.05, 0.1) is 0 Å². The Morgan fingerprint density at radius 3 is 2.61 bits per heavy atom. The van der Waals surface area contributed by atoms with Crippen molar-refractivity contribution >= 4 is 23.1 Å². The molecule has 0 fully saturated rings. The molecule has 18 heavy (non-hydrogen) atoms. The number of benzene rings is 2. The standard InChI is InChI=1S/C16H16N2/c17-14-10-4-6-12-7-5-11-15(16(12)14)18-13-8-2-1-3-9-13/h1-3,5-9,11,18H,4,10,17H2. The molecule has 0 saturated heterocycles. The lowest BCUT2D eigenvalue weighted by Crippen LogP contribution is -2.34. The molecule has 0 amide bonds. The van der Waals surface area contributed by atoms with Crippen LogP contribution >= 0.6 is 0 Å². The highest BCUT2D eigenvalue weighted by Crippen LogP contribution is 2.13. The second-order valence-electron chi connectivity index (χ2n) is 4.53. The van der Waals surface area contributed by atoms with Crippen molar-refractivity contribution in [2.75, 3.05) is 5.32 Å². The number of nitrogens with two attached hydrogens (primary N) is 1. The van der Waals surface area contributed by atoms with Gasteiger partial charge in [0.15, 0.2) is 0 Å². The Balaban J connectivity index is 2.13. The van der Waals surface area contributed by atoms with Gasteiger partial charge >= 0.3 is 0 Å². The first-order valence-corrected chi connectivity index (χ1v) is 6.24. The molecule has 0 spiro atoms. The van der Waals surface area contributed by atoms with E-state index in [1.165, 1.54) is 5.22 Å². The van der Waals surface area contributed by atoms with Gasteiger partial charge in [-0.25, -0.2) is 0 Å². The van der Waals surface area contributed by atoms with E-state index in [1.807, 2.05) is 18.2 Å². The molecule has 0 saturated carbocycles. The summed E-state index contributed by atoms with van der Waals surface area (Å²) < 4.78 is 0. The summed E-state index contributed by atoms with van der Waals surface area (Å²) in [7, 11) is 0. The molecule has 0 atom stereocenters. The minimum absolute atomic E-state index is 0.945. The lowest BCUT2D eigenvalue weighted by molar-refractivity contribution is 1.05. The van der Waals surface area contributed by atoms with Crippen LogP contribution in [0.4, 0.5) is 11.4 Å². The molecule has 3 N–H and O–H groups in total. The molecule has 1 aliphatic rings. The second kappa shape index (κ2) is 4.57. The Hall–Kier alpha value is -2.22. The first-order chi connectivity index (χ1) is 8.84. The van der Waals surface area contributed by atoms with Crippen molar-refractivity contribution in [1.82, 2.24) is 0 Å². The fraction of sp³-hybridized carbons (Fsp3) is 0.125. The van der Waals surface area contributed by atoms with Gasteiger partial charge in [-0.2, -0.15) is 0 Å². The van der Waals surface area contributed by atoms with Crippen LogP contribution in [-0.2, 0) is 0 Å². The summed E-state index contributed by atoms with van der Waals surface area (Å²) in [5, 5.41) is 5.84. The summed E-state index contributed by atoms with van der Waals surface area (Å²) in [5.74, 6) is 0. The third-order valence-electron chi connectivity index (χ3n) is 3.25. The molecule has 0 aromatic heterocycles. The van der Waals surface area contributed by atoms with Gasteiger partial charge in [-0.15, -0.1) is 0 Å². The number of hydrogen-bond acceptors (Lipinski definition) is 2. The average Bonchev–Trinajstić information content (AvgIpc) is 2.40. The van der Waals surface area contributed by atoms with Crippen LogP contribution in [0.3, 0.4) is 0 Å². The van der Waals surface area contributed by atoms with Gasteiger partial charge in [-0.05, 0) is 36.3 Å². The summed E-state index contributed by atoms with van der Waals surface area (Å²) in [6.45, 7) is 0. The highest BCUT2D eigenvalue weighted by molar-refractivity contribution is 5.65. The monoisotopic (exact) mass is 236 g/mol. The van der Waals surface area contributed by atoms with Gasteiger partial charge in [0.25, 0.3) is 0 Å². The molecule has 1 aliphatic carbocycles. The minimum atomic E-state index is 0.945. The maximum absolute atomic E-state index is 6.16. The van der Waals surface area contributed by atoms with E-state index in [4.69, 9.17) is 5.73 Å². The Labute approximate surface area is 106 Å². The molecule has 2 aromatic rings. The Bertz CT molecular complexity index is 672. The summed E-state index contributed by atoms with van der Waals surface area (Å²) in [5.41, 5.74) is 9.31. The van der Waals surface area contributed by atoms with Crippen LogP contribution < -0.4 is 21.5 Å². The maximum atomic E-state index is 6.16. The zero-order valence-electron chi connectivity index (χ0n) is 10.2. The van der Waals surface area contributed by atoms with Crippen molar-refractivity contribution in [3.05, 3.63) is 59.0 Å². The summed E-state index contributed by atoms with van der Waals surface area (Å²) >= 11 is 0. The van der Waals surface area contributed by atoms with Crippen LogP contribution in [0.25, 0.3) is 11.8 Å². The van der Waals surface area contributed by atoms with Gasteiger partial charge in [0.1, 0.15) is 0 Å². The Kier molecular flexibility index (Phi) is 2.77. The zero-order valence-corrected chi connectivity index (χ0v) is 10.2. The summed E-state index contributed by atoms with van der Waals surface area (Å²) in [4.78, 5) is 0. The molecule has 0 bridgehead atoms. The van der Waals surface area contributed by atoms with Gasteiger partial charge in [-0.3, -0.25) is 0 Å². The molecule has 3 rings (SSSR count). The topological polar surface area (TPSA) is 38.0 Å². The first kappa shape index (κ1) is 10.9. The Morgan fingerprint density at radius 2 is 1.78 bits per heavy atom. The molecular weight excluding hydrogens is 220 g/mol. The Morgan fingerprint density at radius 1 is 0.944 bits per heavy atom. The first-order valence-electron chi connectivity index (χ1n) is 6.24. The largest absolute Gasteiger partial charge is 0.401 e. The highest BCUT2D eigenvalue weighted by atomic mass is 14.9. The van der Waals surface area contributed by atoms with Crippen molar-refractivity contribution < 1.29 is 0 Å². The van der Waals surface area contributed by atoms with Crippen LogP contribution in [-0.4, -0.2) is 0 Å². The normalized spacial score (nSPS) is 13.7. The molecular formula is C16H16N2. The third kappa shape index (κ3) is 1.97. The predicted molar refractivity (Wildman–Crippen MR) is 76.7 cm³/mol. The quantitative estimate of drug-likeness (QED) is 0.837. The molecule has 90 valence electrons. The molecule has 2 aromatic carbocycles. The maximum Gasteiger partial charge on any atom is 0.0481 e. The van der Waals surface area contributed by atoms with E-state index in [2.05, 4.69) is 41.7 Å². The molecule has 0 aliphatic heterocycles. The minimum Gasteiger partial charge on any atom is -0.401 e. The van der Waals surface area contributed by atoms with E-state index in [0.717, 1.165) is 35.1 Å². The van der Waals surface area contributed by atoms with E-state index in [1.54, 1.807) is 0 Å². The number of fused-ring (bicyclic) bond motifs is 1. The van der Waals surface area contributed by atoms with Crippen LogP contribution in [0.15, 0.2) is 48.5 Å². The number of anilines is 2. The van der Waals surface area contributed by atoms with Gasteiger partial charge in [0, 0.05) is 22.3 Å². The van der Waals surface area contributed by atoms with Crippen molar-refractivity contribution in [3.8, 4) is 0 Å². The molecule has 2 heteroatoms. The van der Waals surface area contributed by atoms with Gasteiger partial charge in [0.2, 0.25) is 0 Å². The van der Waals surface area contributed by atoms with Crippen molar-refractivity contribution in [3.63, 3.8) is 0 Å². The van der Waals surface area contributed by atoms with Crippen LogP contribution in [0.2, 0.25) is 0 Å². The highest BCUT2D eigenvalue weighted by Gasteiger charge is 2.05. The van der Waals surface area contributed by atoms with Gasteiger partial charge < -0.3 is 11.1 Å². The fourth-order valence-electron chi connectivity index (χ4n) is 2.39. The molecule has 0 unspecified atom stereocenters. The molecule has 0 heterocycles. The number of hydrogen-bond donors (Lipinski definition) is 2. The second-order valence-corrected chi connectivity index (χ2v) is 4.53. The summed E-state index contributed by atoms with van der Waals surface area (Å²) in [6, 6.07) is 16.5. The van der Waals surface area contributed by atoms with Crippen molar-refractivity contribution in [1.29, 1.82) is 0 Å². The lowest BCUT2D eigenvalue weighted by Gasteiger charge is -2.12. The number of nitrogens with one attached hydrogen (secondary N) is 1. The third-order valence-corrected chi connectivity index (χ3v) is 3.25. The molecule has 0 radical (unpaired) electrons. The number of para-hydroxylation sites is 1. The van der Waals surface area contributed by atoms with E-state index in [-0.39, 0.29) is 0 Å². The smallest absolute Gasteiger partial charge is 0.0481 e. The SMILES string of the molecule is NC1=c2c(Nc3ccccc3)cccc2=CCC1. The number of rotatable bonds is 2. The average molecular weight is 236 g/mol. The molecule has 2 nitrogen and oxygen atoms in total. The van der Waals surface area contributed by atoms with Crippen LogP contribution in [0.1, 0.15) is 12.8 Å². The van der Waals surface area contributed by atoms with Gasteiger partial charge in [-0.1, -0.05) is 36.4 Å². The fourth-order valence-corrected chi connectivity index (χ4v) is 2.39. The van der Waals surface area contributed by atoms with Crippen molar-refractivity contribution in [2.24, 2.45) is 5.73 Å². The van der Waals surface area contributed by atoms with Crippen LogP contribution in [0.5, 0.6) is 0 Å². The zero-order chi connectivity index (χ0) is 12.4. The van der Waals surface area contributed by atoms with E-state index >= 15 is 0 Å².